The standard InChI is InChI=1S/C23H31NO5S/c1-28-20-15-17-21(18-16-20)30(26,27)24-22(19-11-7-6-8-12-19)13-9-4-3-5-10-14-23(25)29-2/h6-8,11-12,15-18,22,24H,3-5,9-10,13-14H2,1-2H3. The fourth-order valence-electron chi connectivity index (χ4n) is 3.24. The van der Waals surface area contributed by atoms with Crippen molar-refractivity contribution < 1.29 is 22.7 Å². The van der Waals surface area contributed by atoms with Gasteiger partial charge in [0.25, 0.3) is 0 Å². The van der Waals surface area contributed by atoms with Crippen molar-refractivity contribution in [2.75, 3.05) is 14.2 Å². The number of carbonyl (C=O) groups excluding carboxylic acids is 1. The van der Waals surface area contributed by atoms with Crippen LogP contribution in [0, 0.1) is 0 Å². The lowest BCUT2D eigenvalue weighted by Gasteiger charge is -2.19. The zero-order valence-electron chi connectivity index (χ0n) is 17.7. The summed E-state index contributed by atoms with van der Waals surface area (Å²) in [5, 5.41) is 0. The molecule has 0 saturated carbocycles. The average Bonchev–Trinajstić information content (AvgIpc) is 2.78. The minimum absolute atomic E-state index is 0.174. The normalized spacial score (nSPS) is 12.3. The van der Waals surface area contributed by atoms with Gasteiger partial charge in [-0.3, -0.25) is 4.79 Å². The lowest BCUT2D eigenvalue weighted by atomic mass is 10.0. The fourth-order valence-corrected chi connectivity index (χ4v) is 4.50. The zero-order chi connectivity index (χ0) is 21.8. The second-order valence-electron chi connectivity index (χ2n) is 7.14. The third-order valence-electron chi connectivity index (χ3n) is 4.97. The summed E-state index contributed by atoms with van der Waals surface area (Å²) in [4.78, 5) is 11.4. The molecule has 0 saturated heterocycles. The van der Waals surface area contributed by atoms with E-state index in [0.717, 1.165) is 37.7 Å². The Labute approximate surface area is 179 Å². The van der Waals surface area contributed by atoms with E-state index in [0.29, 0.717) is 18.6 Å². The molecule has 0 aromatic heterocycles. The predicted molar refractivity (Wildman–Crippen MR) is 117 cm³/mol. The Balaban J connectivity index is 1.94. The van der Waals surface area contributed by atoms with Crippen LogP contribution < -0.4 is 9.46 Å². The first-order valence-electron chi connectivity index (χ1n) is 10.2. The molecule has 2 aromatic rings. The number of hydrogen-bond donors (Lipinski definition) is 1. The second-order valence-corrected chi connectivity index (χ2v) is 8.86. The van der Waals surface area contributed by atoms with Crippen LogP contribution in [0.5, 0.6) is 5.75 Å². The topological polar surface area (TPSA) is 81.7 Å². The van der Waals surface area contributed by atoms with Crippen LogP contribution in [0.1, 0.15) is 56.6 Å². The zero-order valence-corrected chi connectivity index (χ0v) is 18.5. The summed E-state index contributed by atoms with van der Waals surface area (Å²) in [7, 11) is -0.707. The number of carbonyl (C=O) groups is 1. The molecule has 0 aliphatic heterocycles. The maximum Gasteiger partial charge on any atom is 0.305 e. The highest BCUT2D eigenvalue weighted by Crippen LogP contribution is 2.24. The van der Waals surface area contributed by atoms with Crippen LogP contribution in [0.3, 0.4) is 0 Å². The number of ether oxygens (including phenoxy) is 2. The van der Waals surface area contributed by atoms with Gasteiger partial charge in [0, 0.05) is 12.5 Å². The van der Waals surface area contributed by atoms with Crippen LogP contribution in [0.4, 0.5) is 0 Å². The molecule has 0 bridgehead atoms. The highest BCUT2D eigenvalue weighted by Gasteiger charge is 2.21. The summed E-state index contributed by atoms with van der Waals surface area (Å²) in [5.74, 6) is 0.438. The molecule has 2 rings (SSSR count). The largest absolute Gasteiger partial charge is 0.497 e. The maximum absolute atomic E-state index is 12.9. The van der Waals surface area contributed by atoms with Crippen LogP contribution in [0.2, 0.25) is 0 Å². The van der Waals surface area contributed by atoms with Crippen molar-refractivity contribution in [1.82, 2.24) is 4.72 Å². The van der Waals surface area contributed by atoms with Gasteiger partial charge < -0.3 is 9.47 Å². The number of benzene rings is 2. The summed E-state index contributed by atoms with van der Waals surface area (Å²) < 4.78 is 38.4. The van der Waals surface area contributed by atoms with Gasteiger partial charge in [-0.2, -0.15) is 0 Å². The highest BCUT2D eigenvalue weighted by atomic mass is 32.2. The fraction of sp³-hybridized carbons (Fsp3) is 0.435. The van der Waals surface area contributed by atoms with E-state index in [2.05, 4.69) is 9.46 Å². The number of hydrogen-bond acceptors (Lipinski definition) is 5. The molecular formula is C23H31NO5S. The summed E-state index contributed by atoms with van der Waals surface area (Å²) >= 11 is 0. The van der Waals surface area contributed by atoms with Crippen molar-refractivity contribution in [2.24, 2.45) is 0 Å². The predicted octanol–water partition coefficient (Wildman–Crippen LogP) is 4.62. The average molecular weight is 434 g/mol. The van der Waals surface area contributed by atoms with E-state index < -0.39 is 10.0 Å². The third-order valence-corrected chi connectivity index (χ3v) is 6.46. The number of sulfonamides is 1. The summed E-state index contributed by atoms with van der Waals surface area (Å²) in [6, 6.07) is 15.7. The molecule has 1 atom stereocenters. The van der Waals surface area contributed by atoms with Crippen molar-refractivity contribution in [3.63, 3.8) is 0 Å². The highest BCUT2D eigenvalue weighted by molar-refractivity contribution is 7.89. The van der Waals surface area contributed by atoms with Gasteiger partial charge in [-0.25, -0.2) is 13.1 Å². The molecule has 0 fully saturated rings. The number of rotatable bonds is 13. The molecule has 164 valence electrons. The van der Waals surface area contributed by atoms with Crippen molar-refractivity contribution in [1.29, 1.82) is 0 Å². The van der Waals surface area contributed by atoms with E-state index >= 15 is 0 Å². The third kappa shape index (κ3) is 7.80. The van der Waals surface area contributed by atoms with E-state index in [-0.39, 0.29) is 16.9 Å². The molecule has 1 unspecified atom stereocenters. The van der Waals surface area contributed by atoms with Crippen LogP contribution in [0.25, 0.3) is 0 Å². The molecule has 0 radical (unpaired) electrons. The van der Waals surface area contributed by atoms with Gasteiger partial charge >= 0.3 is 5.97 Å². The van der Waals surface area contributed by atoms with Gasteiger partial charge in [-0.1, -0.05) is 56.0 Å². The molecule has 0 aliphatic carbocycles. The van der Waals surface area contributed by atoms with Gasteiger partial charge in [-0.05, 0) is 42.7 Å². The van der Waals surface area contributed by atoms with E-state index in [9.17, 15) is 13.2 Å². The van der Waals surface area contributed by atoms with Crippen LogP contribution in [0.15, 0.2) is 59.5 Å². The Morgan fingerprint density at radius 1 is 0.900 bits per heavy atom. The van der Waals surface area contributed by atoms with E-state index in [1.54, 1.807) is 31.4 Å². The molecule has 0 aliphatic rings. The lowest BCUT2D eigenvalue weighted by molar-refractivity contribution is -0.140. The van der Waals surface area contributed by atoms with Crippen molar-refractivity contribution in [3.05, 3.63) is 60.2 Å². The van der Waals surface area contributed by atoms with Gasteiger partial charge in [0.1, 0.15) is 5.75 Å². The first kappa shape index (κ1) is 23.9. The number of esters is 1. The number of nitrogens with one attached hydrogen (secondary N) is 1. The maximum atomic E-state index is 12.9. The van der Waals surface area contributed by atoms with Crippen molar-refractivity contribution in [2.45, 2.75) is 55.9 Å². The smallest absolute Gasteiger partial charge is 0.305 e. The first-order valence-corrected chi connectivity index (χ1v) is 11.7. The molecule has 6 nitrogen and oxygen atoms in total. The summed E-state index contributed by atoms with van der Waals surface area (Å²) in [5.41, 5.74) is 0.945. The van der Waals surface area contributed by atoms with Gasteiger partial charge in [-0.15, -0.1) is 0 Å². The van der Waals surface area contributed by atoms with Crippen LogP contribution in [-0.2, 0) is 19.6 Å². The molecule has 30 heavy (non-hydrogen) atoms. The summed E-state index contributed by atoms with van der Waals surface area (Å²) in [6.45, 7) is 0. The Morgan fingerprint density at radius 2 is 1.53 bits per heavy atom. The first-order chi connectivity index (χ1) is 14.5. The lowest BCUT2D eigenvalue weighted by Crippen LogP contribution is -2.28. The Bertz CT molecular complexity index is 866. The van der Waals surface area contributed by atoms with Crippen molar-refractivity contribution in [3.8, 4) is 5.75 Å². The SMILES string of the molecule is COC(=O)CCCCCCCC(NS(=O)(=O)c1ccc(OC)cc1)c1ccccc1. The quantitative estimate of drug-likeness (QED) is 0.368. The van der Waals surface area contributed by atoms with E-state index in [1.165, 1.54) is 7.11 Å². The summed E-state index contributed by atoms with van der Waals surface area (Å²) in [6.07, 6.45) is 5.81. The molecule has 1 N–H and O–H groups in total. The molecule has 7 heteroatoms. The Kier molecular flexibility index (Phi) is 9.83. The van der Waals surface area contributed by atoms with E-state index in [4.69, 9.17) is 4.74 Å². The minimum atomic E-state index is -3.65. The Hall–Kier alpha value is -2.38. The molecule has 2 aromatic carbocycles. The Morgan fingerprint density at radius 3 is 2.17 bits per heavy atom. The van der Waals surface area contributed by atoms with Gasteiger partial charge in [0.2, 0.25) is 10.0 Å². The van der Waals surface area contributed by atoms with Crippen molar-refractivity contribution >= 4 is 16.0 Å². The van der Waals surface area contributed by atoms with Gasteiger partial charge in [0.15, 0.2) is 0 Å². The van der Waals surface area contributed by atoms with Crippen LogP contribution in [-0.4, -0.2) is 28.6 Å². The second kappa shape index (κ2) is 12.3. The van der Waals surface area contributed by atoms with Crippen LogP contribution >= 0.6 is 0 Å². The number of unbranched alkanes of at least 4 members (excludes halogenated alkanes) is 4. The van der Waals surface area contributed by atoms with E-state index in [1.807, 2.05) is 30.3 Å². The molecular weight excluding hydrogens is 402 g/mol. The number of methoxy groups -OCH3 is 2. The van der Waals surface area contributed by atoms with Gasteiger partial charge in [0.05, 0.1) is 19.1 Å². The molecule has 0 heterocycles. The monoisotopic (exact) mass is 433 g/mol. The molecule has 0 spiro atoms. The molecule has 0 amide bonds. The minimum Gasteiger partial charge on any atom is -0.497 e.